The van der Waals surface area contributed by atoms with E-state index in [4.69, 9.17) is 5.73 Å². The molecular formula is C13H26N2O. The van der Waals surface area contributed by atoms with Crippen molar-refractivity contribution in [2.24, 2.45) is 11.7 Å². The molecule has 3 atom stereocenters. The Hall–Kier alpha value is -0.570. The van der Waals surface area contributed by atoms with Crippen LogP contribution in [0.4, 0.5) is 0 Å². The van der Waals surface area contributed by atoms with Gasteiger partial charge in [-0.1, -0.05) is 13.8 Å². The van der Waals surface area contributed by atoms with Gasteiger partial charge < -0.3 is 10.6 Å². The van der Waals surface area contributed by atoms with E-state index in [1.54, 1.807) is 0 Å². The minimum absolute atomic E-state index is 0.137. The van der Waals surface area contributed by atoms with E-state index in [0.717, 1.165) is 25.7 Å². The van der Waals surface area contributed by atoms with Gasteiger partial charge >= 0.3 is 0 Å². The van der Waals surface area contributed by atoms with Gasteiger partial charge in [-0.2, -0.15) is 0 Å². The summed E-state index contributed by atoms with van der Waals surface area (Å²) in [7, 11) is 0. The molecule has 0 aliphatic carbocycles. The normalized spacial score (nSPS) is 27.1. The zero-order chi connectivity index (χ0) is 12.1. The molecule has 1 aliphatic rings. The number of hydrogen-bond donors (Lipinski definition) is 1. The van der Waals surface area contributed by atoms with Crippen molar-refractivity contribution in [3.05, 3.63) is 0 Å². The first-order valence-electron chi connectivity index (χ1n) is 6.64. The number of carbonyl (C=O) groups is 1. The first kappa shape index (κ1) is 13.5. The van der Waals surface area contributed by atoms with E-state index >= 15 is 0 Å². The lowest BCUT2D eigenvalue weighted by molar-refractivity contribution is -0.138. The molecule has 0 saturated carbocycles. The summed E-state index contributed by atoms with van der Waals surface area (Å²) in [6, 6.07) is 0.903. The van der Waals surface area contributed by atoms with Gasteiger partial charge in [0.05, 0.1) is 0 Å². The molecule has 1 rings (SSSR count). The molecule has 3 unspecified atom stereocenters. The van der Waals surface area contributed by atoms with Crippen molar-refractivity contribution in [3.8, 4) is 0 Å². The molecule has 94 valence electrons. The third kappa shape index (κ3) is 2.97. The molecule has 1 amide bonds. The second-order valence-corrected chi connectivity index (χ2v) is 5.07. The molecule has 1 heterocycles. The fourth-order valence-electron chi connectivity index (χ4n) is 2.67. The Balaban J connectivity index is 2.56. The topological polar surface area (TPSA) is 46.3 Å². The lowest BCUT2D eigenvalue weighted by atomic mass is 10.0. The van der Waals surface area contributed by atoms with Gasteiger partial charge in [0.1, 0.15) is 0 Å². The van der Waals surface area contributed by atoms with Crippen molar-refractivity contribution < 1.29 is 4.79 Å². The molecule has 0 aromatic heterocycles. The Morgan fingerprint density at radius 2 is 2.19 bits per heavy atom. The van der Waals surface area contributed by atoms with Crippen molar-refractivity contribution in [1.29, 1.82) is 0 Å². The molecule has 1 saturated heterocycles. The predicted molar refractivity (Wildman–Crippen MR) is 67.1 cm³/mol. The van der Waals surface area contributed by atoms with Crippen LogP contribution in [-0.4, -0.2) is 29.4 Å². The number of nitrogens with zero attached hydrogens (tertiary/aromatic N) is 1. The van der Waals surface area contributed by atoms with E-state index in [-0.39, 0.29) is 5.92 Å². The van der Waals surface area contributed by atoms with Crippen molar-refractivity contribution in [1.82, 2.24) is 4.90 Å². The van der Waals surface area contributed by atoms with Crippen LogP contribution in [0.5, 0.6) is 0 Å². The highest BCUT2D eigenvalue weighted by molar-refractivity contribution is 5.79. The zero-order valence-corrected chi connectivity index (χ0v) is 10.9. The first-order valence-corrected chi connectivity index (χ1v) is 6.64. The summed E-state index contributed by atoms with van der Waals surface area (Å²) >= 11 is 0. The molecule has 3 heteroatoms. The molecule has 0 spiro atoms. The van der Waals surface area contributed by atoms with E-state index < -0.39 is 0 Å². The Bertz CT molecular complexity index is 230. The summed E-state index contributed by atoms with van der Waals surface area (Å²) < 4.78 is 0. The van der Waals surface area contributed by atoms with Crippen LogP contribution in [0.1, 0.15) is 52.9 Å². The molecule has 0 radical (unpaired) electrons. The van der Waals surface area contributed by atoms with E-state index in [1.165, 1.54) is 6.42 Å². The number of hydrogen-bond acceptors (Lipinski definition) is 2. The van der Waals surface area contributed by atoms with Crippen LogP contribution in [0.3, 0.4) is 0 Å². The van der Waals surface area contributed by atoms with Crippen LogP contribution >= 0.6 is 0 Å². The minimum Gasteiger partial charge on any atom is -0.337 e. The lowest BCUT2D eigenvalue weighted by Gasteiger charge is -2.30. The number of rotatable bonds is 5. The van der Waals surface area contributed by atoms with Crippen LogP contribution in [0.2, 0.25) is 0 Å². The second kappa shape index (κ2) is 6.24. The predicted octanol–water partition coefficient (Wildman–Crippen LogP) is 2.15. The average molecular weight is 226 g/mol. The fraction of sp³-hybridized carbons (Fsp3) is 0.923. The third-order valence-electron chi connectivity index (χ3n) is 3.77. The Morgan fingerprint density at radius 1 is 1.50 bits per heavy atom. The maximum Gasteiger partial charge on any atom is 0.225 e. The minimum atomic E-state index is 0.137. The molecule has 0 aromatic carbocycles. The van der Waals surface area contributed by atoms with Gasteiger partial charge in [0.25, 0.3) is 0 Å². The highest BCUT2D eigenvalue weighted by Gasteiger charge is 2.34. The highest BCUT2D eigenvalue weighted by atomic mass is 16.2. The van der Waals surface area contributed by atoms with Crippen LogP contribution in [0, 0.1) is 5.92 Å². The summed E-state index contributed by atoms with van der Waals surface area (Å²) in [6.07, 6.45) is 5.29. The SMILES string of the molecule is CCC1CCC(C)N1C(=O)C(C)CCCN. The molecular weight excluding hydrogens is 200 g/mol. The van der Waals surface area contributed by atoms with Crippen LogP contribution in [0.25, 0.3) is 0 Å². The van der Waals surface area contributed by atoms with E-state index in [9.17, 15) is 4.79 Å². The molecule has 1 aliphatic heterocycles. The van der Waals surface area contributed by atoms with Gasteiger partial charge in [0.15, 0.2) is 0 Å². The number of nitrogens with two attached hydrogens (primary N) is 1. The number of carbonyl (C=O) groups excluding carboxylic acids is 1. The van der Waals surface area contributed by atoms with Crippen LogP contribution in [-0.2, 0) is 4.79 Å². The number of likely N-dealkylation sites (tertiary alicyclic amines) is 1. The zero-order valence-electron chi connectivity index (χ0n) is 10.9. The third-order valence-corrected chi connectivity index (χ3v) is 3.77. The summed E-state index contributed by atoms with van der Waals surface area (Å²) in [4.78, 5) is 14.4. The molecule has 2 N–H and O–H groups in total. The fourth-order valence-corrected chi connectivity index (χ4v) is 2.67. The largest absolute Gasteiger partial charge is 0.337 e. The van der Waals surface area contributed by atoms with Crippen molar-refractivity contribution >= 4 is 5.91 Å². The van der Waals surface area contributed by atoms with E-state index in [1.807, 2.05) is 6.92 Å². The Kier molecular flexibility index (Phi) is 5.26. The summed E-state index contributed by atoms with van der Waals surface area (Å²) in [5, 5.41) is 0. The van der Waals surface area contributed by atoms with Gasteiger partial charge in [0, 0.05) is 18.0 Å². The Labute approximate surface area is 99.4 Å². The monoisotopic (exact) mass is 226 g/mol. The summed E-state index contributed by atoms with van der Waals surface area (Å²) in [6.45, 7) is 7.07. The molecule has 1 fully saturated rings. The second-order valence-electron chi connectivity index (χ2n) is 5.07. The lowest BCUT2D eigenvalue weighted by Crippen LogP contribution is -2.42. The number of amides is 1. The van der Waals surface area contributed by atoms with Crippen molar-refractivity contribution in [3.63, 3.8) is 0 Å². The maximum absolute atomic E-state index is 12.3. The van der Waals surface area contributed by atoms with Crippen molar-refractivity contribution in [2.75, 3.05) is 6.54 Å². The summed E-state index contributed by atoms with van der Waals surface area (Å²) in [5.41, 5.74) is 5.49. The summed E-state index contributed by atoms with van der Waals surface area (Å²) in [5.74, 6) is 0.475. The van der Waals surface area contributed by atoms with E-state index in [2.05, 4.69) is 18.7 Å². The molecule has 0 aromatic rings. The first-order chi connectivity index (χ1) is 7.61. The van der Waals surface area contributed by atoms with Gasteiger partial charge in [-0.05, 0) is 45.6 Å². The molecule has 0 bridgehead atoms. The van der Waals surface area contributed by atoms with Crippen LogP contribution < -0.4 is 5.73 Å². The van der Waals surface area contributed by atoms with Crippen molar-refractivity contribution in [2.45, 2.75) is 65.0 Å². The van der Waals surface area contributed by atoms with Gasteiger partial charge in [-0.3, -0.25) is 4.79 Å². The van der Waals surface area contributed by atoms with Gasteiger partial charge in [0.2, 0.25) is 5.91 Å². The quantitative estimate of drug-likeness (QED) is 0.780. The average Bonchev–Trinajstić information content (AvgIpc) is 2.66. The standard InChI is InChI=1S/C13H26N2O/c1-4-12-8-7-11(3)15(12)13(16)10(2)6-5-9-14/h10-12H,4-9,14H2,1-3H3. The molecule has 16 heavy (non-hydrogen) atoms. The van der Waals surface area contributed by atoms with Gasteiger partial charge in [-0.25, -0.2) is 0 Å². The van der Waals surface area contributed by atoms with Crippen LogP contribution in [0.15, 0.2) is 0 Å². The maximum atomic E-state index is 12.3. The smallest absolute Gasteiger partial charge is 0.225 e. The highest BCUT2D eigenvalue weighted by Crippen LogP contribution is 2.28. The van der Waals surface area contributed by atoms with E-state index in [0.29, 0.717) is 24.5 Å². The Morgan fingerprint density at radius 3 is 2.75 bits per heavy atom. The molecule has 3 nitrogen and oxygen atoms in total. The van der Waals surface area contributed by atoms with Gasteiger partial charge in [-0.15, -0.1) is 0 Å².